The van der Waals surface area contributed by atoms with Crippen molar-refractivity contribution in [3.05, 3.63) is 59.1 Å². The molecule has 0 aliphatic carbocycles. The van der Waals surface area contributed by atoms with Crippen LogP contribution in [0.1, 0.15) is 17.3 Å². The summed E-state index contributed by atoms with van der Waals surface area (Å²) in [5.74, 6) is -1.27. The normalized spacial score (nSPS) is 15.3. The van der Waals surface area contributed by atoms with Gasteiger partial charge < -0.3 is 19.6 Å². The number of carbonyl (C=O) groups excluding carboxylic acids is 2. The highest BCUT2D eigenvalue weighted by atomic mass is 35.5. The van der Waals surface area contributed by atoms with Crippen LogP contribution < -0.4 is 4.90 Å². The van der Waals surface area contributed by atoms with Crippen LogP contribution >= 0.6 is 11.6 Å². The molecule has 1 saturated heterocycles. The molecule has 27 heavy (non-hydrogen) atoms. The van der Waals surface area contributed by atoms with Gasteiger partial charge in [-0.1, -0.05) is 29.8 Å². The Kier molecular flexibility index (Phi) is 5.86. The van der Waals surface area contributed by atoms with Crippen LogP contribution in [0.4, 0.5) is 5.69 Å². The van der Waals surface area contributed by atoms with Crippen molar-refractivity contribution in [2.45, 2.75) is 13.0 Å². The van der Waals surface area contributed by atoms with Crippen molar-refractivity contribution in [3.63, 3.8) is 0 Å². The molecule has 1 fully saturated rings. The van der Waals surface area contributed by atoms with Gasteiger partial charge >= 0.3 is 5.97 Å². The van der Waals surface area contributed by atoms with E-state index < -0.39 is 12.1 Å². The first-order valence-electron chi connectivity index (χ1n) is 8.74. The quantitative estimate of drug-likeness (QED) is 0.815. The summed E-state index contributed by atoms with van der Waals surface area (Å²) in [6, 6.07) is 14.1. The first-order valence-corrected chi connectivity index (χ1v) is 9.12. The number of aromatic hydroxyl groups is 1. The zero-order chi connectivity index (χ0) is 19.4. The number of hydrogen-bond donors (Lipinski definition) is 1. The van der Waals surface area contributed by atoms with Gasteiger partial charge in [0.05, 0.1) is 0 Å². The Labute approximate surface area is 162 Å². The van der Waals surface area contributed by atoms with Gasteiger partial charge in [-0.05, 0) is 37.3 Å². The molecule has 0 spiro atoms. The fourth-order valence-corrected chi connectivity index (χ4v) is 3.20. The summed E-state index contributed by atoms with van der Waals surface area (Å²) in [4.78, 5) is 28.7. The molecular weight excluding hydrogens is 368 g/mol. The second kappa shape index (κ2) is 8.31. The summed E-state index contributed by atoms with van der Waals surface area (Å²) < 4.78 is 5.24. The van der Waals surface area contributed by atoms with E-state index in [1.807, 2.05) is 30.3 Å². The average Bonchev–Trinajstić information content (AvgIpc) is 2.70. The third-order valence-corrected chi connectivity index (χ3v) is 4.76. The Morgan fingerprint density at radius 2 is 1.74 bits per heavy atom. The van der Waals surface area contributed by atoms with Crippen LogP contribution in [0, 0.1) is 0 Å². The van der Waals surface area contributed by atoms with Crippen LogP contribution in [0.3, 0.4) is 0 Å². The maximum absolute atomic E-state index is 12.6. The van der Waals surface area contributed by atoms with Gasteiger partial charge in [0.15, 0.2) is 6.10 Å². The molecule has 1 unspecified atom stereocenters. The lowest BCUT2D eigenvalue weighted by Gasteiger charge is -2.37. The molecule has 7 heteroatoms. The number of esters is 1. The number of phenolic OH excluding ortho intramolecular Hbond substituents is 1. The first-order chi connectivity index (χ1) is 13.0. The van der Waals surface area contributed by atoms with Crippen LogP contribution in [-0.4, -0.2) is 54.2 Å². The largest absolute Gasteiger partial charge is 0.507 e. The predicted molar refractivity (Wildman–Crippen MR) is 103 cm³/mol. The van der Waals surface area contributed by atoms with E-state index in [4.69, 9.17) is 16.3 Å². The number of phenols is 1. The number of piperazine rings is 1. The monoisotopic (exact) mass is 388 g/mol. The molecule has 1 heterocycles. The molecule has 142 valence electrons. The summed E-state index contributed by atoms with van der Waals surface area (Å²) >= 11 is 5.85. The molecule has 3 rings (SSSR count). The van der Waals surface area contributed by atoms with Gasteiger partial charge in [-0.3, -0.25) is 4.79 Å². The molecule has 2 aromatic carbocycles. The first kappa shape index (κ1) is 19.0. The highest BCUT2D eigenvalue weighted by Gasteiger charge is 2.28. The van der Waals surface area contributed by atoms with Crippen molar-refractivity contribution >= 4 is 29.2 Å². The van der Waals surface area contributed by atoms with Crippen LogP contribution in [0.15, 0.2) is 48.5 Å². The third-order valence-electron chi connectivity index (χ3n) is 4.52. The Balaban J connectivity index is 1.56. The lowest BCUT2D eigenvalue weighted by Crippen LogP contribution is -2.51. The van der Waals surface area contributed by atoms with E-state index in [2.05, 4.69) is 4.90 Å². The number of halogens is 1. The van der Waals surface area contributed by atoms with Gasteiger partial charge in [-0.25, -0.2) is 4.79 Å². The summed E-state index contributed by atoms with van der Waals surface area (Å²) in [5, 5.41) is 10.1. The number of hydrogen-bond acceptors (Lipinski definition) is 5. The molecule has 0 radical (unpaired) electrons. The lowest BCUT2D eigenvalue weighted by molar-refractivity contribution is -0.140. The van der Waals surface area contributed by atoms with Crippen molar-refractivity contribution in [3.8, 4) is 5.75 Å². The number of nitrogens with zero attached hydrogens (tertiary/aromatic N) is 2. The molecule has 2 aromatic rings. The van der Waals surface area contributed by atoms with E-state index in [-0.39, 0.29) is 17.2 Å². The van der Waals surface area contributed by atoms with Gasteiger partial charge in [-0.15, -0.1) is 0 Å². The molecular formula is C20H21ClN2O4. The van der Waals surface area contributed by atoms with Crippen molar-refractivity contribution in [2.75, 3.05) is 31.1 Å². The predicted octanol–water partition coefficient (Wildman–Crippen LogP) is 2.94. The highest BCUT2D eigenvalue weighted by Crippen LogP contribution is 2.23. The van der Waals surface area contributed by atoms with Gasteiger partial charge in [-0.2, -0.15) is 0 Å². The van der Waals surface area contributed by atoms with Gasteiger partial charge in [0, 0.05) is 36.9 Å². The second-order valence-corrected chi connectivity index (χ2v) is 6.79. The van der Waals surface area contributed by atoms with E-state index in [0.29, 0.717) is 31.2 Å². The molecule has 1 atom stereocenters. The van der Waals surface area contributed by atoms with Gasteiger partial charge in [0.1, 0.15) is 11.3 Å². The van der Waals surface area contributed by atoms with E-state index in [1.54, 1.807) is 4.90 Å². The Hall–Kier alpha value is -2.73. The Morgan fingerprint density at radius 3 is 2.41 bits per heavy atom. The summed E-state index contributed by atoms with van der Waals surface area (Å²) in [7, 11) is 0. The molecule has 1 N–H and O–H groups in total. The smallest absolute Gasteiger partial charge is 0.342 e. The van der Waals surface area contributed by atoms with E-state index >= 15 is 0 Å². The average molecular weight is 389 g/mol. The zero-order valence-electron chi connectivity index (χ0n) is 15.0. The van der Waals surface area contributed by atoms with Crippen LogP contribution in [0.5, 0.6) is 5.75 Å². The maximum atomic E-state index is 12.6. The number of benzene rings is 2. The standard InChI is InChI=1S/C20H21ClN2O4/c1-14(27-20(26)17-13-15(21)7-8-18(17)24)19(25)23-11-9-22(10-12-23)16-5-3-2-4-6-16/h2-8,13-14,24H,9-12H2,1H3. The minimum absolute atomic E-state index is 0.0592. The Bertz CT molecular complexity index is 820. The second-order valence-electron chi connectivity index (χ2n) is 6.36. The SMILES string of the molecule is CC(OC(=O)c1cc(Cl)ccc1O)C(=O)N1CCN(c2ccccc2)CC1. The van der Waals surface area contributed by atoms with Crippen molar-refractivity contribution in [2.24, 2.45) is 0 Å². The number of amides is 1. The molecule has 6 nitrogen and oxygen atoms in total. The van der Waals surface area contributed by atoms with Gasteiger partial charge in [0.2, 0.25) is 0 Å². The van der Waals surface area contributed by atoms with Crippen LogP contribution in [0.2, 0.25) is 5.02 Å². The molecule has 1 amide bonds. The van der Waals surface area contributed by atoms with Crippen molar-refractivity contribution in [1.82, 2.24) is 4.90 Å². The minimum atomic E-state index is -0.945. The number of carbonyl (C=O) groups is 2. The topological polar surface area (TPSA) is 70.1 Å². The number of anilines is 1. The number of rotatable bonds is 4. The highest BCUT2D eigenvalue weighted by molar-refractivity contribution is 6.31. The van der Waals surface area contributed by atoms with Crippen molar-refractivity contribution < 1.29 is 19.4 Å². The minimum Gasteiger partial charge on any atom is -0.507 e. The van der Waals surface area contributed by atoms with E-state index in [9.17, 15) is 14.7 Å². The number of ether oxygens (including phenoxy) is 1. The third kappa shape index (κ3) is 4.52. The molecule has 0 saturated carbocycles. The summed E-state index contributed by atoms with van der Waals surface area (Å²) in [5.41, 5.74) is 1.07. The maximum Gasteiger partial charge on any atom is 0.342 e. The fourth-order valence-electron chi connectivity index (χ4n) is 3.03. The zero-order valence-corrected chi connectivity index (χ0v) is 15.7. The summed E-state index contributed by atoms with van der Waals surface area (Å²) in [6.07, 6.45) is -0.945. The van der Waals surface area contributed by atoms with Crippen molar-refractivity contribution in [1.29, 1.82) is 0 Å². The van der Waals surface area contributed by atoms with Crippen LogP contribution in [0.25, 0.3) is 0 Å². The molecule has 1 aliphatic heterocycles. The fraction of sp³-hybridized carbons (Fsp3) is 0.300. The Morgan fingerprint density at radius 1 is 1.07 bits per heavy atom. The van der Waals surface area contributed by atoms with Crippen LogP contribution in [-0.2, 0) is 9.53 Å². The lowest BCUT2D eigenvalue weighted by atomic mass is 10.2. The van der Waals surface area contributed by atoms with Gasteiger partial charge in [0.25, 0.3) is 5.91 Å². The molecule has 0 aromatic heterocycles. The number of para-hydroxylation sites is 1. The van der Waals surface area contributed by atoms with E-state index in [1.165, 1.54) is 25.1 Å². The molecule has 0 bridgehead atoms. The summed E-state index contributed by atoms with van der Waals surface area (Å²) in [6.45, 7) is 4.07. The molecule has 1 aliphatic rings. The van der Waals surface area contributed by atoms with E-state index in [0.717, 1.165) is 5.69 Å².